The van der Waals surface area contributed by atoms with Gasteiger partial charge in [-0.15, -0.1) is 0 Å². The second-order valence-electron chi connectivity index (χ2n) is 8.08. The van der Waals surface area contributed by atoms with E-state index in [-0.39, 0.29) is 23.3 Å². The summed E-state index contributed by atoms with van der Waals surface area (Å²) in [5.74, 6) is 0.986. The molecular formula is C20H27FN4O. The highest BCUT2D eigenvalue weighted by atomic mass is 19.1. The lowest BCUT2D eigenvalue weighted by Crippen LogP contribution is -2.47. The monoisotopic (exact) mass is 358 g/mol. The molecule has 0 bridgehead atoms. The summed E-state index contributed by atoms with van der Waals surface area (Å²) in [6, 6.07) is 6.55. The number of urea groups is 1. The Balaban J connectivity index is 1.73. The van der Waals surface area contributed by atoms with E-state index in [0.717, 1.165) is 30.0 Å². The van der Waals surface area contributed by atoms with Gasteiger partial charge < -0.3 is 14.8 Å². The fourth-order valence-electron chi connectivity index (χ4n) is 3.34. The Bertz CT molecular complexity index is 776. The van der Waals surface area contributed by atoms with Crippen molar-refractivity contribution < 1.29 is 9.18 Å². The van der Waals surface area contributed by atoms with Crippen LogP contribution in [0.25, 0.3) is 0 Å². The molecule has 1 aliphatic rings. The summed E-state index contributed by atoms with van der Waals surface area (Å²) >= 11 is 0. The van der Waals surface area contributed by atoms with Crippen LogP contribution in [0.5, 0.6) is 0 Å². The number of rotatable bonds is 3. The van der Waals surface area contributed by atoms with Crippen molar-refractivity contribution in [2.45, 2.75) is 52.1 Å². The molecule has 1 unspecified atom stereocenters. The zero-order valence-corrected chi connectivity index (χ0v) is 15.9. The summed E-state index contributed by atoms with van der Waals surface area (Å²) in [4.78, 5) is 18.9. The highest BCUT2D eigenvalue weighted by Crippen LogP contribution is 2.28. The Morgan fingerprint density at radius 2 is 2.00 bits per heavy atom. The summed E-state index contributed by atoms with van der Waals surface area (Å²) in [6.45, 7) is 10.0. The number of aromatic nitrogens is 2. The fraction of sp³-hybridized carbons (Fsp3) is 0.500. The molecule has 1 aromatic carbocycles. The lowest BCUT2D eigenvalue weighted by atomic mass is 10.1. The lowest BCUT2D eigenvalue weighted by Gasteiger charge is -2.25. The number of carbonyl (C=O) groups excluding carboxylic acids is 1. The third kappa shape index (κ3) is 4.23. The van der Waals surface area contributed by atoms with Crippen molar-refractivity contribution >= 4 is 6.03 Å². The fourth-order valence-corrected chi connectivity index (χ4v) is 3.34. The molecule has 1 fully saturated rings. The third-order valence-corrected chi connectivity index (χ3v) is 4.66. The van der Waals surface area contributed by atoms with E-state index < -0.39 is 0 Å². The highest BCUT2D eigenvalue weighted by Gasteiger charge is 2.31. The molecule has 0 radical (unpaired) electrons. The van der Waals surface area contributed by atoms with Crippen LogP contribution < -0.4 is 5.32 Å². The predicted molar refractivity (Wildman–Crippen MR) is 99.7 cm³/mol. The summed E-state index contributed by atoms with van der Waals surface area (Å²) in [5, 5.41) is 3.02. The Hall–Kier alpha value is -2.37. The van der Waals surface area contributed by atoms with E-state index in [1.807, 2.05) is 38.8 Å². The average Bonchev–Trinajstić information content (AvgIpc) is 3.16. The molecule has 2 heterocycles. The lowest BCUT2D eigenvalue weighted by molar-refractivity contribution is 0.198. The summed E-state index contributed by atoms with van der Waals surface area (Å²) in [7, 11) is 0. The molecule has 0 aliphatic carbocycles. The first-order chi connectivity index (χ1) is 12.2. The number of aryl methyl sites for hydroxylation is 1. The number of carbonyl (C=O) groups is 1. The molecular weight excluding hydrogens is 331 g/mol. The number of amides is 2. The van der Waals surface area contributed by atoms with Gasteiger partial charge in [-0.1, -0.05) is 12.1 Å². The number of hydrogen-bond acceptors (Lipinski definition) is 2. The zero-order valence-electron chi connectivity index (χ0n) is 15.9. The summed E-state index contributed by atoms with van der Waals surface area (Å²) in [5.41, 5.74) is 1.86. The van der Waals surface area contributed by atoms with Crippen LogP contribution in [0.15, 0.2) is 30.5 Å². The largest absolute Gasteiger partial charge is 0.333 e. The van der Waals surface area contributed by atoms with E-state index >= 15 is 0 Å². The molecule has 3 rings (SSSR count). The predicted octanol–water partition coefficient (Wildman–Crippen LogP) is 3.68. The number of nitrogens with one attached hydrogen (secondary N) is 1. The minimum atomic E-state index is -0.243. The van der Waals surface area contributed by atoms with Crippen LogP contribution in [0.4, 0.5) is 9.18 Å². The number of benzene rings is 1. The van der Waals surface area contributed by atoms with E-state index in [1.165, 1.54) is 12.1 Å². The van der Waals surface area contributed by atoms with Crippen molar-refractivity contribution in [2.24, 2.45) is 0 Å². The van der Waals surface area contributed by atoms with Crippen molar-refractivity contribution in [1.29, 1.82) is 0 Å². The van der Waals surface area contributed by atoms with Gasteiger partial charge >= 0.3 is 6.03 Å². The van der Waals surface area contributed by atoms with Crippen molar-refractivity contribution in [3.05, 3.63) is 53.4 Å². The first kappa shape index (κ1) is 18.4. The van der Waals surface area contributed by atoms with Crippen LogP contribution in [-0.2, 0) is 6.54 Å². The van der Waals surface area contributed by atoms with E-state index in [4.69, 9.17) is 0 Å². The summed E-state index contributed by atoms with van der Waals surface area (Å²) < 4.78 is 15.3. The van der Waals surface area contributed by atoms with Crippen LogP contribution in [0, 0.1) is 12.7 Å². The maximum atomic E-state index is 13.1. The SMILES string of the molecule is Cc1cnc(C2CCN(C(=O)NC(C)(C)C)C2)n1Cc1ccc(F)cc1. The maximum Gasteiger partial charge on any atom is 0.317 e. The van der Waals surface area contributed by atoms with Crippen molar-refractivity contribution in [3.8, 4) is 0 Å². The Morgan fingerprint density at radius 1 is 1.31 bits per heavy atom. The molecule has 5 nitrogen and oxygen atoms in total. The van der Waals surface area contributed by atoms with Crippen molar-refractivity contribution in [1.82, 2.24) is 19.8 Å². The molecule has 1 aromatic heterocycles. The molecule has 1 aliphatic heterocycles. The standard InChI is InChI=1S/C20H27FN4O/c1-14-11-22-18(25(14)12-15-5-7-17(21)8-6-15)16-9-10-24(13-16)19(26)23-20(2,3)4/h5-8,11,16H,9-10,12-13H2,1-4H3,(H,23,26). The molecule has 0 spiro atoms. The quantitative estimate of drug-likeness (QED) is 0.910. The molecule has 0 saturated carbocycles. The maximum absolute atomic E-state index is 13.1. The Morgan fingerprint density at radius 3 is 2.65 bits per heavy atom. The van der Waals surface area contributed by atoms with Gasteiger partial charge in [-0.3, -0.25) is 0 Å². The normalized spacial score (nSPS) is 17.6. The van der Waals surface area contributed by atoms with Crippen molar-refractivity contribution in [3.63, 3.8) is 0 Å². The van der Waals surface area contributed by atoms with Gasteiger partial charge in [0.25, 0.3) is 0 Å². The molecule has 6 heteroatoms. The molecule has 26 heavy (non-hydrogen) atoms. The van der Waals surface area contributed by atoms with Gasteiger partial charge in [-0.2, -0.15) is 0 Å². The van der Waals surface area contributed by atoms with E-state index in [1.54, 1.807) is 12.1 Å². The van der Waals surface area contributed by atoms with Gasteiger partial charge in [0.05, 0.1) is 0 Å². The molecule has 140 valence electrons. The molecule has 1 N–H and O–H groups in total. The van der Waals surface area contributed by atoms with E-state index in [9.17, 15) is 9.18 Å². The first-order valence-electron chi connectivity index (χ1n) is 9.06. The van der Waals surface area contributed by atoms with Crippen LogP contribution in [0.1, 0.15) is 50.2 Å². The highest BCUT2D eigenvalue weighted by molar-refractivity contribution is 5.75. The van der Waals surface area contributed by atoms with Gasteiger partial charge in [0.1, 0.15) is 11.6 Å². The second-order valence-corrected chi connectivity index (χ2v) is 8.08. The zero-order chi connectivity index (χ0) is 18.9. The number of imidazole rings is 1. The van der Waals surface area contributed by atoms with Gasteiger partial charge in [-0.05, 0) is 51.8 Å². The van der Waals surface area contributed by atoms with Crippen LogP contribution >= 0.6 is 0 Å². The van der Waals surface area contributed by atoms with Gasteiger partial charge in [-0.25, -0.2) is 14.2 Å². The molecule has 1 atom stereocenters. The molecule has 2 amide bonds. The van der Waals surface area contributed by atoms with Gasteiger partial charge in [0.2, 0.25) is 0 Å². The topological polar surface area (TPSA) is 50.2 Å². The number of halogens is 1. The number of hydrogen-bond donors (Lipinski definition) is 1. The average molecular weight is 358 g/mol. The smallest absolute Gasteiger partial charge is 0.317 e. The minimum absolute atomic E-state index is 0.0200. The Kier molecular flexibility index (Phi) is 5.03. The third-order valence-electron chi connectivity index (χ3n) is 4.66. The van der Waals surface area contributed by atoms with E-state index in [0.29, 0.717) is 13.1 Å². The van der Waals surface area contributed by atoms with Crippen LogP contribution in [0.3, 0.4) is 0 Å². The Labute approximate surface area is 154 Å². The van der Waals surface area contributed by atoms with Crippen LogP contribution in [0.2, 0.25) is 0 Å². The van der Waals surface area contributed by atoms with Crippen LogP contribution in [-0.4, -0.2) is 39.1 Å². The summed E-state index contributed by atoms with van der Waals surface area (Å²) in [6.07, 6.45) is 2.77. The van der Waals surface area contributed by atoms with Gasteiger partial charge in [0, 0.05) is 43.0 Å². The number of nitrogens with zero attached hydrogens (tertiary/aromatic N) is 3. The van der Waals surface area contributed by atoms with Gasteiger partial charge in [0.15, 0.2) is 0 Å². The second kappa shape index (κ2) is 7.09. The number of likely N-dealkylation sites (tertiary alicyclic amines) is 1. The minimum Gasteiger partial charge on any atom is -0.333 e. The van der Waals surface area contributed by atoms with E-state index in [2.05, 4.69) is 14.9 Å². The first-order valence-corrected chi connectivity index (χ1v) is 9.06. The van der Waals surface area contributed by atoms with Crippen molar-refractivity contribution in [2.75, 3.05) is 13.1 Å². The molecule has 1 saturated heterocycles. The molecule has 2 aromatic rings.